The molecule has 108 valence electrons. The first-order valence-corrected chi connectivity index (χ1v) is 6.70. The molecule has 0 aromatic rings. The number of allylic oxidation sites excluding steroid dienone is 5. The first-order valence-electron chi connectivity index (χ1n) is 6.70. The van der Waals surface area contributed by atoms with E-state index >= 15 is 0 Å². The molecule has 0 heterocycles. The van der Waals surface area contributed by atoms with Crippen LogP contribution in [0.3, 0.4) is 0 Å². The van der Waals surface area contributed by atoms with Crippen LogP contribution in [0.25, 0.3) is 0 Å². The molecular weight excluding hydrogens is 240 g/mol. The van der Waals surface area contributed by atoms with E-state index in [9.17, 15) is 9.90 Å². The van der Waals surface area contributed by atoms with Gasteiger partial charge in [-0.25, -0.2) is 4.79 Å². The highest BCUT2D eigenvalue weighted by atomic mass is 16.4. The summed E-state index contributed by atoms with van der Waals surface area (Å²) in [5.41, 5.74) is 3.60. The Morgan fingerprint density at radius 1 is 1.00 bits per heavy atom. The van der Waals surface area contributed by atoms with Crippen molar-refractivity contribution in [2.45, 2.75) is 59.5 Å². The van der Waals surface area contributed by atoms with Crippen LogP contribution in [0.5, 0.6) is 0 Å². The molecule has 0 aliphatic heterocycles. The van der Waals surface area contributed by atoms with Gasteiger partial charge < -0.3 is 10.2 Å². The second kappa shape index (κ2) is 9.56. The van der Waals surface area contributed by atoms with Gasteiger partial charge in [0.15, 0.2) is 6.10 Å². The topological polar surface area (TPSA) is 57.5 Å². The Bertz CT molecular complexity index is 371. The number of aliphatic hydroxyl groups is 1. The largest absolute Gasteiger partial charge is 0.479 e. The Hall–Kier alpha value is -1.35. The fourth-order valence-electron chi connectivity index (χ4n) is 1.66. The number of aliphatic carboxylic acids is 1. The molecule has 0 radical (unpaired) electrons. The summed E-state index contributed by atoms with van der Waals surface area (Å²) in [6, 6.07) is 0. The lowest BCUT2D eigenvalue weighted by atomic mass is 10.1. The van der Waals surface area contributed by atoms with Crippen molar-refractivity contribution in [3.05, 3.63) is 34.9 Å². The molecule has 3 heteroatoms. The molecule has 3 nitrogen and oxygen atoms in total. The molecule has 0 aromatic carbocycles. The van der Waals surface area contributed by atoms with Crippen molar-refractivity contribution >= 4 is 5.97 Å². The summed E-state index contributed by atoms with van der Waals surface area (Å²) in [7, 11) is 0. The molecule has 0 saturated carbocycles. The fourth-order valence-corrected chi connectivity index (χ4v) is 1.66. The third-order valence-corrected chi connectivity index (χ3v) is 2.82. The van der Waals surface area contributed by atoms with E-state index in [0.29, 0.717) is 0 Å². The zero-order valence-electron chi connectivity index (χ0n) is 12.4. The van der Waals surface area contributed by atoms with Crippen LogP contribution in [0, 0.1) is 0 Å². The zero-order chi connectivity index (χ0) is 14.8. The lowest BCUT2D eigenvalue weighted by Crippen LogP contribution is -2.16. The van der Waals surface area contributed by atoms with Crippen molar-refractivity contribution in [2.75, 3.05) is 0 Å². The average Bonchev–Trinajstić information content (AvgIpc) is 2.28. The molecule has 0 aromatic heterocycles. The van der Waals surface area contributed by atoms with Crippen molar-refractivity contribution in [1.29, 1.82) is 0 Å². The number of carbonyl (C=O) groups is 1. The second-order valence-corrected chi connectivity index (χ2v) is 5.21. The minimum Gasteiger partial charge on any atom is -0.479 e. The lowest BCUT2D eigenvalue weighted by molar-refractivity contribution is -0.144. The summed E-state index contributed by atoms with van der Waals surface area (Å²) in [5, 5.41) is 17.8. The predicted molar refractivity (Wildman–Crippen MR) is 79.1 cm³/mol. The summed E-state index contributed by atoms with van der Waals surface area (Å²) < 4.78 is 0. The Balaban J connectivity index is 4.06. The van der Waals surface area contributed by atoms with Crippen molar-refractivity contribution in [2.24, 2.45) is 0 Å². The minimum atomic E-state index is -1.39. The molecule has 0 bridgehead atoms. The normalized spacial score (nSPS) is 14.2. The van der Waals surface area contributed by atoms with Crippen LogP contribution < -0.4 is 0 Å². The highest BCUT2D eigenvalue weighted by Gasteiger charge is 2.08. The van der Waals surface area contributed by atoms with Crippen LogP contribution in [0.4, 0.5) is 0 Å². The van der Waals surface area contributed by atoms with E-state index in [1.54, 1.807) is 0 Å². The van der Waals surface area contributed by atoms with E-state index in [2.05, 4.69) is 32.9 Å². The van der Waals surface area contributed by atoms with Gasteiger partial charge in [0.2, 0.25) is 0 Å². The van der Waals surface area contributed by atoms with Crippen molar-refractivity contribution in [3.8, 4) is 0 Å². The zero-order valence-corrected chi connectivity index (χ0v) is 12.4. The molecule has 19 heavy (non-hydrogen) atoms. The first kappa shape index (κ1) is 17.6. The Labute approximate surface area is 116 Å². The first-order chi connectivity index (χ1) is 8.82. The molecule has 2 N–H and O–H groups in total. The number of carboxylic acids is 1. The SMILES string of the molecule is CC(C)=CCCC(C)=CCCC(C)=CC(O)C(=O)O. The third kappa shape index (κ3) is 10.3. The molecule has 0 fully saturated rings. The number of hydrogen-bond donors (Lipinski definition) is 2. The van der Waals surface area contributed by atoms with E-state index in [0.717, 1.165) is 31.3 Å². The van der Waals surface area contributed by atoms with Gasteiger partial charge in [-0.1, -0.05) is 28.9 Å². The molecule has 1 atom stereocenters. The Kier molecular flexibility index (Phi) is 8.88. The second-order valence-electron chi connectivity index (χ2n) is 5.21. The summed E-state index contributed by atoms with van der Waals surface area (Å²) >= 11 is 0. The maximum Gasteiger partial charge on any atom is 0.336 e. The lowest BCUT2D eigenvalue weighted by Gasteiger charge is -2.03. The highest BCUT2D eigenvalue weighted by molar-refractivity contribution is 5.74. The van der Waals surface area contributed by atoms with E-state index in [-0.39, 0.29) is 0 Å². The van der Waals surface area contributed by atoms with Gasteiger partial charge in [0, 0.05) is 0 Å². The Morgan fingerprint density at radius 2 is 1.53 bits per heavy atom. The molecule has 0 saturated heterocycles. The molecule has 0 aliphatic rings. The van der Waals surface area contributed by atoms with Crippen LogP contribution >= 0.6 is 0 Å². The number of carboxylic acid groups (broad SMARTS) is 1. The monoisotopic (exact) mass is 266 g/mol. The van der Waals surface area contributed by atoms with Gasteiger partial charge in [-0.15, -0.1) is 0 Å². The molecule has 0 spiro atoms. The van der Waals surface area contributed by atoms with E-state index in [4.69, 9.17) is 5.11 Å². The van der Waals surface area contributed by atoms with Gasteiger partial charge in [-0.05, 0) is 59.5 Å². The van der Waals surface area contributed by atoms with Crippen molar-refractivity contribution in [3.63, 3.8) is 0 Å². The molecule has 1 unspecified atom stereocenters. The summed E-state index contributed by atoms with van der Waals surface area (Å²) in [4.78, 5) is 10.5. The van der Waals surface area contributed by atoms with Gasteiger partial charge in [-0.2, -0.15) is 0 Å². The summed E-state index contributed by atoms with van der Waals surface area (Å²) in [5.74, 6) is -1.20. The van der Waals surface area contributed by atoms with Crippen LogP contribution in [0.1, 0.15) is 53.4 Å². The van der Waals surface area contributed by atoms with Crippen LogP contribution in [-0.4, -0.2) is 22.3 Å². The van der Waals surface area contributed by atoms with E-state index < -0.39 is 12.1 Å². The number of hydrogen-bond acceptors (Lipinski definition) is 2. The third-order valence-electron chi connectivity index (χ3n) is 2.82. The minimum absolute atomic E-state index is 0.782. The molecule has 0 amide bonds. The highest BCUT2D eigenvalue weighted by Crippen LogP contribution is 2.11. The van der Waals surface area contributed by atoms with Gasteiger partial charge in [0.25, 0.3) is 0 Å². The van der Waals surface area contributed by atoms with E-state index in [1.807, 2.05) is 6.92 Å². The van der Waals surface area contributed by atoms with Crippen LogP contribution in [0.15, 0.2) is 34.9 Å². The predicted octanol–water partition coefficient (Wildman–Crippen LogP) is 3.85. The average molecular weight is 266 g/mol. The molecular formula is C16H26O3. The van der Waals surface area contributed by atoms with Gasteiger partial charge in [0.05, 0.1) is 0 Å². The number of aliphatic hydroxyl groups excluding tert-OH is 1. The van der Waals surface area contributed by atoms with Crippen LogP contribution in [0.2, 0.25) is 0 Å². The van der Waals surface area contributed by atoms with Gasteiger partial charge in [0.1, 0.15) is 0 Å². The maximum atomic E-state index is 10.5. The molecule has 0 rings (SSSR count). The summed E-state index contributed by atoms with van der Waals surface area (Å²) in [6.45, 7) is 8.16. The maximum absolute atomic E-state index is 10.5. The Morgan fingerprint density at radius 3 is 2.05 bits per heavy atom. The number of rotatable bonds is 8. The van der Waals surface area contributed by atoms with E-state index in [1.165, 1.54) is 17.2 Å². The van der Waals surface area contributed by atoms with Crippen molar-refractivity contribution in [1.82, 2.24) is 0 Å². The van der Waals surface area contributed by atoms with Gasteiger partial charge >= 0.3 is 5.97 Å². The standard InChI is InChI=1S/C16H26O3/c1-12(2)7-5-8-13(3)9-6-10-14(4)11-15(17)16(18)19/h7,9,11,15,17H,5-6,8,10H2,1-4H3,(H,18,19). The molecule has 0 aliphatic carbocycles. The van der Waals surface area contributed by atoms with Crippen molar-refractivity contribution < 1.29 is 15.0 Å². The quantitative estimate of drug-likeness (QED) is 0.656. The van der Waals surface area contributed by atoms with Crippen LogP contribution in [-0.2, 0) is 4.79 Å². The summed E-state index contributed by atoms with van der Waals surface area (Å²) in [6.07, 6.45) is 8.22. The van der Waals surface area contributed by atoms with Gasteiger partial charge in [-0.3, -0.25) is 0 Å². The smallest absolute Gasteiger partial charge is 0.336 e. The fraction of sp³-hybridized carbons (Fsp3) is 0.562.